The van der Waals surface area contributed by atoms with Crippen molar-refractivity contribution in [1.82, 2.24) is 5.32 Å². The molecule has 0 saturated heterocycles. The van der Waals surface area contributed by atoms with Gasteiger partial charge in [0, 0.05) is 6.04 Å². The first-order chi connectivity index (χ1) is 7.40. The maximum atomic E-state index is 11.6. The summed E-state index contributed by atoms with van der Waals surface area (Å²) in [6, 6.07) is 0.242. The van der Waals surface area contributed by atoms with E-state index in [1.54, 1.807) is 0 Å². The smallest absolute Gasteiger partial charge is 0.407 e. The zero-order chi connectivity index (χ0) is 12.2. The molecule has 0 unspecified atom stereocenters. The predicted molar refractivity (Wildman–Crippen MR) is 65.3 cm³/mol. The summed E-state index contributed by atoms with van der Waals surface area (Å²) < 4.78 is 5.23. The van der Waals surface area contributed by atoms with E-state index in [2.05, 4.69) is 11.9 Å². The lowest BCUT2D eigenvalue weighted by Crippen LogP contribution is -2.41. The molecule has 1 fully saturated rings. The highest BCUT2D eigenvalue weighted by Gasteiger charge is 2.23. The fourth-order valence-corrected chi connectivity index (χ4v) is 2.05. The maximum absolute atomic E-state index is 11.6. The summed E-state index contributed by atoms with van der Waals surface area (Å²) in [5.74, 6) is 0.536. The molecule has 0 heterocycles. The molecular formula is C13H23NO2. The van der Waals surface area contributed by atoms with Crippen molar-refractivity contribution in [2.75, 3.05) is 0 Å². The number of rotatable bonds is 2. The van der Waals surface area contributed by atoms with Crippen molar-refractivity contribution in [3.05, 3.63) is 12.7 Å². The zero-order valence-electron chi connectivity index (χ0n) is 10.6. The van der Waals surface area contributed by atoms with Crippen LogP contribution < -0.4 is 5.32 Å². The average molecular weight is 225 g/mol. The highest BCUT2D eigenvalue weighted by molar-refractivity contribution is 5.68. The molecule has 16 heavy (non-hydrogen) atoms. The van der Waals surface area contributed by atoms with Gasteiger partial charge in [0.2, 0.25) is 0 Å². The molecule has 1 aliphatic carbocycles. The van der Waals surface area contributed by atoms with E-state index in [1.807, 2.05) is 26.8 Å². The van der Waals surface area contributed by atoms with Crippen molar-refractivity contribution in [2.24, 2.45) is 5.92 Å². The second kappa shape index (κ2) is 5.37. The molecule has 0 aromatic heterocycles. The van der Waals surface area contributed by atoms with E-state index in [4.69, 9.17) is 4.74 Å². The Balaban J connectivity index is 2.36. The number of hydrogen-bond acceptors (Lipinski definition) is 2. The van der Waals surface area contributed by atoms with Crippen LogP contribution in [0.15, 0.2) is 12.7 Å². The normalized spacial score (nSPS) is 25.9. The van der Waals surface area contributed by atoms with Gasteiger partial charge < -0.3 is 10.1 Å². The molecule has 92 valence electrons. The second-order valence-corrected chi connectivity index (χ2v) is 5.51. The van der Waals surface area contributed by atoms with E-state index in [9.17, 15) is 4.79 Å². The third-order valence-corrected chi connectivity index (χ3v) is 2.77. The molecule has 0 aliphatic heterocycles. The van der Waals surface area contributed by atoms with Gasteiger partial charge in [-0.25, -0.2) is 4.79 Å². The standard InChI is InChI=1S/C13H23NO2/c1-5-10-7-6-8-11(9-10)14-12(15)16-13(2,3)4/h5,10-11H,1,6-9H2,2-4H3,(H,14,15)/t10-,11-/m1/s1. The number of carbonyl (C=O) groups excluding carboxylic acids is 1. The van der Waals surface area contributed by atoms with Crippen molar-refractivity contribution < 1.29 is 9.53 Å². The Morgan fingerprint density at radius 2 is 2.12 bits per heavy atom. The molecule has 0 radical (unpaired) electrons. The Labute approximate surface area is 98.2 Å². The Hall–Kier alpha value is -0.990. The van der Waals surface area contributed by atoms with Gasteiger partial charge in [0.25, 0.3) is 0 Å². The monoisotopic (exact) mass is 225 g/mol. The fraction of sp³-hybridized carbons (Fsp3) is 0.769. The van der Waals surface area contributed by atoms with E-state index >= 15 is 0 Å². The summed E-state index contributed by atoms with van der Waals surface area (Å²) in [5, 5.41) is 2.93. The van der Waals surface area contributed by atoms with Gasteiger partial charge in [-0.2, -0.15) is 0 Å². The van der Waals surface area contributed by atoms with Crippen LogP contribution in [0.5, 0.6) is 0 Å². The third kappa shape index (κ3) is 4.69. The van der Waals surface area contributed by atoms with Crippen molar-refractivity contribution in [2.45, 2.75) is 58.1 Å². The fourth-order valence-electron chi connectivity index (χ4n) is 2.05. The minimum absolute atomic E-state index is 0.242. The largest absolute Gasteiger partial charge is 0.444 e. The SMILES string of the molecule is C=C[C@@H]1CCC[C@@H](NC(=O)OC(C)(C)C)C1. The molecule has 1 rings (SSSR count). The minimum atomic E-state index is -0.420. The summed E-state index contributed by atoms with van der Waals surface area (Å²) >= 11 is 0. The second-order valence-electron chi connectivity index (χ2n) is 5.51. The zero-order valence-corrected chi connectivity index (χ0v) is 10.6. The van der Waals surface area contributed by atoms with Gasteiger partial charge in [-0.05, 0) is 46.0 Å². The van der Waals surface area contributed by atoms with Crippen LogP contribution in [-0.4, -0.2) is 17.7 Å². The van der Waals surface area contributed by atoms with Crippen LogP contribution >= 0.6 is 0 Å². The quantitative estimate of drug-likeness (QED) is 0.732. The summed E-state index contributed by atoms with van der Waals surface area (Å²) in [5.41, 5.74) is -0.420. The van der Waals surface area contributed by atoms with Gasteiger partial charge in [0.15, 0.2) is 0 Å². The van der Waals surface area contributed by atoms with E-state index < -0.39 is 5.60 Å². The molecule has 0 bridgehead atoms. The number of nitrogens with one attached hydrogen (secondary N) is 1. The van der Waals surface area contributed by atoms with Crippen molar-refractivity contribution in [1.29, 1.82) is 0 Å². The van der Waals surface area contributed by atoms with Crippen LogP contribution in [0.4, 0.5) is 4.79 Å². The number of alkyl carbamates (subject to hydrolysis) is 1. The van der Waals surface area contributed by atoms with Crippen LogP contribution in [-0.2, 0) is 4.74 Å². The lowest BCUT2D eigenvalue weighted by Gasteiger charge is -2.29. The molecule has 0 spiro atoms. The summed E-state index contributed by atoms with van der Waals surface area (Å²) in [4.78, 5) is 11.6. The highest BCUT2D eigenvalue weighted by Crippen LogP contribution is 2.25. The van der Waals surface area contributed by atoms with Crippen LogP contribution in [0.1, 0.15) is 46.5 Å². The first-order valence-corrected chi connectivity index (χ1v) is 6.03. The third-order valence-electron chi connectivity index (χ3n) is 2.77. The summed E-state index contributed by atoms with van der Waals surface area (Å²) in [6.07, 6.45) is 6.06. The van der Waals surface area contributed by atoms with Gasteiger partial charge in [0.05, 0.1) is 0 Å². The van der Waals surface area contributed by atoms with E-state index in [-0.39, 0.29) is 12.1 Å². The molecule has 1 N–H and O–H groups in total. The molecule has 1 aliphatic rings. The van der Waals surface area contributed by atoms with Crippen LogP contribution in [0.3, 0.4) is 0 Å². The van der Waals surface area contributed by atoms with E-state index in [1.165, 1.54) is 6.42 Å². The van der Waals surface area contributed by atoms with Gasteiger partial charge in [0.1, 0.15) is 5.60 Å². The predicted octanol–water partition coefficient (Wildman–Crippen LogP) is 3.26. The molecule has 0 aromatic rings. The first kappa shape index (κ1) is 13.1. The molecule has 0 aromatic carbocycles. The molecule has 2 atom stereocenters. The van der Waals surface area contributed by atoms with Crippen LogP contribution in [0.25, 0.3) is 0 Å². The van der Waals surface area contributed by atoms with Gasteiger partial charge in [-0.3, -0.25) is 0 Å². The first-order valence-electron chi connectivity index (χ1n) is 6.03. The summed E-state index contributed by atoms with van der Waals surface area (Å²) in [6.45, 7) is 9.44. The Morgan fingerprint density at radius 3 is 2.69 bits per heavy atom. The van der Waals surface area contributed by atoms with Crippen LogP contribution in [0, 0.1) is 5.92 Å². The van der Waals surface area contributed by atoms with E-state index in [0.29, 0.717) is 5.92 Å². The number of amides is 1. The van der Waals surface area contributed by atoms with Gasteiger partial charge >= 0.3 is 6.09 Å². The van der Waals surface area contributed by atoms with Gasteiger partial charge in [-0.1, -0.05) is 12.5 Å². The lowest BCUT2D eigenvalue weighted by atomic mass is 9.86. The molecule has 3 nitrogen and oxygen atoms in total. The Kier molecular flexibility index (Phi) is 4.39. The molecule has 1 saturated carbocycles. The number of ether oxygens (including phenoxy) is 1. The van der Waals surface area contributed by atoms with Crippen molar-refractivity contribution in [3.63, 3.8) is 0 Å². The molecular weight excluding hydrogens is 202 g/mol. The van der Waals surface area contributed by atoms with E-state index in [0.717, 1.165) is 19.3 Å². The highest BCUT2D eigenvalue weighted by atomic mass is 16.6. The Bertz CT molecular complexity index is 255. The molecule has 3 heteroatoms. The van der Waals surface area contributed by atoms with Crippen LogP contribution in [0.2, 0.25) is 0 Å². The number of hydrogen-bond donors (Lipinski definition) is 1. The summed E-state index contributed by atoms with van der Waals surface area (Å²) in [7, 11) is 0. The van der Waals surface area contributed by atoms with Gasteiger partial charge in [-0.15, -0.1) is 6.58 Å². The van der Waals surface area contributed by atoms with Crippen molar-refractivity contribution >= 4 is 6.09 Å². The average Bonchev–Trinajstić information content (AvgIpc) is 2.15. The minimum Gasteiger partial charge on any atom is -0.444 e. The lowest BCUT2D eigenvalue weighted by molar-refractivity contribution is 0.0488. The van der Waals surface area contributed by atoms with Crippen molar-refractivity contribution in [3.8, 4) is 0 Å². The number of carbonyl (C=O) groups is 1. The Morgan fingerprint density at radius 1 is 1.44 bits per heavy atom. The maximum Gasteiger partial charge on any atom is 0.407 e. The number of allylic oxidation sites excluding steroid dienone is 1. The topological polar surface area (TPSA) is 38.3 Å². The molecule has 1 amide bonds.